The average molecular weight is 333 g/mol. The van der Waals surface area contributed by atoms with Crippen LogP contribution in [0.5, 0.6) is 0 Å². The molecule has 0 bridgehead atoms. The zero-order valence-electron chi connectivity index (χ0n) is 12.0. The summed E-state index contributed by atoms with van der Waals surface area (Å²) in [6.45, 7) is -0.660. The van der Waals surface area contributed by atoms with Gasteiger partial charge >= 0.3 is 0 Å². The lowest BCUT2D eigenvalue weighted by atomic mass is 9.96. The molecule has 1 unspecified atom stereocenters. The van der Waals surface area contributed by atoms with E-state index in [4.69, 9.17) is 11.6 Å². The van der Waals surface area contributed by atoms with Crippen LogP contribution in [0.15, 0.2) is 48.5 Å². The number of amides is 1. The van der Waals surface area contributed by atoms with Crippen LogP contribution in [-0.4, -0.2) is 22.5 Å². The van der Waals surface area contributed by atoms with Crippen LogP contribution in [-0.2, 0) is 16.9 Å². The predicted octanol–water partition coefficient (Wildman–Crippen LogP) is 2.35. The summed E-state index contributed by atoms with van der Waals surface area (Å²) in [6.07, 6.45) is 0. The van der Waals surface area contributed by atoms with Crippen LogP contribution >= 0.6 is 11.6 Å². The zero-order chi connectivity index (χ0) is 16.6. The van der Waals surface area contributed by atoms with E-state index in [0.29, 0.717) is 10.7 Å². The van der Waals surface area contributed by atoms with Crippen LogP contribution in [0.1, 0.15) is 11.1 Å². The Morgan fingerprint density at radius 1 is 1.17 bits per heavy atom. The summed E-state index contributed by atoms with van der Waals surface area (Å²) in [6, 6.07) is 13.5. The van der Waals surface area contributed by atoms with Gasteiger partial charge in [0, 0.05) is 15.5 Å². The van der Waals surface area contributed by atoms with E-state index in [1.807, 2.05) is 0 Å². The Kier molecular flexibility index (Phi) is 3.79. The Hall–Kier alpha value is -2.44. The minimum Gasteiger partial charge on any atom is -0.370 e. The molecule has 1 heterocycles. The topological polar surface area (TPSA) is 83.7 Å². The molecule has 1 N–H and O–H groups in total. The molecule has 6 nitrogen and oxygen atoms in total. The zero-order valence-corrected chi connectivity index (χ0v) is 12.7. The summed E-state index contributed by atoms with van der Waals surface area (Å²) >= 11 is 5.85. The summed E-state index contributed by atoms with van der Waals surface area (Å²) in [5.41, 5.74) is -0.581. The highest BCUT2D eigenvalue weighted by Crippen LogP contribution is 2.41. The number of para-hydroxylation sites is 1. The van der Waals surface area contributed by atoms with E-state index in [2.05, 4.69) is 0 Å². The molecule has 0 aromatic heterocycles. The van der Waals surface area contributed by atoms with Gasteiger partial charge in [0.15, 0.2) is 0 Å². The first-order valence-corrected chi connectivity index (χ1v) is 7.30. The van der Waals surface area contributed by atoms with E-state index in [9.17, 15) is 20.0 Å². The van der Waals surface area contributed by atoms with E-state index in [0.717, 1.165) is 5.56 Å². The number of hydrogen-bond donors (Lipinski definition) is 1. The van der Waals surface area contributed by atoms with Crippen LogP contribution in [0.4, 0.5) is 5.69 Å². The molecule has 2 aromatic carbocycles. The Balaban J connectivity index is 2.00. The summed E-state index contributed by atoms with van der Waals surface area (Å²) in [5.74, 6) is -0.689. The summed E-state index contributed by atoms with van der Waals surface area (Å²) < 4.78 is 0. The van der Waals surface area contributed by atoms with Gasteiger partial charge in [0.25, 0.3) is 5.91 Å². The van der Waals surface area contributed by atoms with E-state index in [-0.39, 0.29) is 12.1 Å². The second kappa shape index (κ2) is 5.64. The number of nitro groups is 1. The first-order valence-electron chi connectivity index (χ1n) is 6.92. The van der Waals surface area contributed by atoms with Crippen molar-refractivity contribution in [3.8, 4) is 0 Å². The monoisotopic (exact) mass is 332 g/mol. The van der Waals surface area contributed by atoms with Crippen LogP contribution in [0.25, 0.3) is 0 Å². The number of fused-ring (bicyclic) bond motifs is 1. The molecule has 1 atom stereocenters. The third-order valence-electron chi connectivity index (χ3n) is 3.85. The Bertz CT molecular complexity index is 778. The molecular formula is C16H13ClN2O4. The maximum absolute atomic E-state index is 12.6. The summed E-state index contributed by atoms with van der Waals surface area (Å²) in [5, 5.41) is 22.1. The van der Waals surface area contributed by atoms with Gasteiger partial charge in [-0.1, -0.05) is 41.9 Å². The van der Waals surface area contributed by atoms with E-state index >= 15 is 0 Å². The maximum atomic E-state index is 12.6. The van der Waals surface area contributed by atoms with Gasteiger partial charge in [0.05, 0.1) is 12.2 Å². The number of carbonyl (C=O) groups excluding carboxylic acids is 1. The Morgan fingerprint density at radius 3 is 2.48 bits per heavy atom. The minimum absolute atomic E-state index is 0.201. The molecular weight excluding hydrogens is 320 g/mol. The van der Waals surface area contributed by atoms with Crippen molar-refractivity contribution < 1.29 is 14.8 Å². The van der Waals surface area contributed by atoms with Gasteiger partial charge in [-0.05, 0) is 23.8 Å². The van der Waals surface area contributed by atoms with Crippen molar-refractivity contribution in [3.05, 3.63) is 74.8 Å². The number of benzene rings is 2. The quantitative estimate of drug-likeness (QED) is 0.688. The first-order chi connectivity index (χ1) is 10.9. The number of hydrogen-bond acceptors (Lipinski definition) is 4. The maximum Gasteiger partial charge on any atom is 0.271 e. The van der Waals surface area contributed by atoms with Crippen molar-refractivity contribution in [2.24, 2.45) is 0 Å². The molecule has 1 amide bonds. The van der Waals surface area contributed by atoms with Crippen LogP contribution in [0.3, 0.4) is 0 Å². The Morgan fingerprint density at radius 2 is 1.83 bits per heavy atom. The third kappa shape index (κ3) is 2.67. The van der Waals surface area contributed by atoms with E-state index in [1.165, 1.54) is 4.90 Å². The average Bonchev–Trinajstić information content (AvgIpc) is 2.71. The van der Waals surface area contributed by atoms with Crippen LogP contribution < -0.4 is 4.90 Å². The number of halogens is 1. The van der Waals surface area contributed by atoms with Gasteiger partial charge in [-0.15, -0.1) is 0 Å². The van der Waals surface area contributed by atoms with Crippen molar-refractivity contribution in [2.75, 3.05) is 11.4 Å². The molecule has 118 valence electrons. The van der Waals surface area contributed by atoms with Gasteiger partial charge in [0.1, 0.15) is 0 Å². The SMILES string of the molecule is O=C1N(Cc2ccc(Cl)cc2)c2ccccc2C1(O)C[N+](=O)[O-]. The highest BCUT2D eigenvalue weighted by atomic mass is 35.5. The number of anilines is 1. The highest BCUT2D eigenvalue weighted by molar-refractivity contribution is 6.30. The van der Waals surface area contributed by atoms with Crippen molar-refractivity contribution in [1.82, 2.24) is 0 Å². The normalized spacial score (nSPS) is 19.7. The van der Waals surface area contributed by atoms with Crippen molar-refractivity contribution >= 4 is 23.2 Å². The molecule has 7 heteroatoms. The number of aliphatic hydroxyl groups is 1. The number of carbonyl (C=O) groups is 1. The molecule has 0 fully saturated rings. The number of nitrogens with zero attached hydrogens (tertiary/aromatic N) is 2. The van der Waals surface area contributed by atoms with Crippen molar-refractivity contribution in [1.29, 1.82) is 0 Å². The molecule has 0 saturated heterocycles. The molecule has 1 aliphatic rings. The molecule has 2 aromatic rings. The lowest BCUT2D eigenvalue weighted by molar-refractivity contribution is -0.498. The highest BCUT2D eigenvalue weighted by Gasteiger charge is 2.53. The van der Waals surface area contributed by atoms with Crippen molar-refractivity contribution in [2.45, 2.75) is 12.1 Å². The molecule has 1 aliphatic heterocycles. The molecule has 0 spiro atoms. The van der Waals surface area contributed by atoms with Gasteiger partial charge < -0.3 is 10.0 Å². The Labute approximate surface area is 137 Å². The minimum atomic E-state index is -2.13. The standard InChI is InChI=1S/C16H13ClN2O4/c17-12-7-5-11(6-8-12)9-18-14-4-2-1-3-13(14)16(21,15(18)20)10-19(22)23/h1-8,21H,9-10H2. The summed E-state index contributed by atoms with van der Waals surface area (Å²) in [7, 11) is 0. The molecule has 0 radical (unpaired) electrons. The largest absolute Gasteiger partial charge is 0.370 e. The van der Waals surface area contributed by atoms with Gasteiger partial charge in [0.2, 0.25) is 12.1 Å². The lowest BCUT2D eigenvalue weighted by Gasteiger charge is -2.20. The second-order valence-electron chi connectivity index (χ2n) is 5.39. The van der Waals surface area contributed by atoms with Gasteiger partial charge in [-0.25, -0.2) is 0 Å². The number of rotatable bonds is 4. The van der Waals surface area contributed by atoms with Gasteiger partial charge in [-0.3, -0.25) is 14.9 Å². The molecule has 0 saturated carbocycles. The van der Waals surface area contributed by atoms with Gasteiger partial charge in [-0.2, -0.15) is 0 Å². The first kappa shape index (κ1) is 15.5. The fourth-order valence-electron chi connectivity index (χ4n) is 2.78. The molecule has 23 heavy (non-hydrogen) atoms. The van der Waals surface area contributed by atoms with Crippen molar-refractivity contribution in [3.63, 3.8) is 0 Å². The van der Waals surface area contributed by atoms with E-state index in [1.54, 1.807) is 48.5 Å². The lowest BCUT2D eigenvalue weighted by Crippen LogP contribution is -2.44. The third-order valence-corrected chi connectivity index (χ3v) is 4.10. The smallest absolute Gasteiger partial charge is 0.271 e. The predicted molar refractivity (Wildman–Crippen MR) is 84.8 cm³/mol. The van der Waals surface area contributed by atoms with Crippen LogP contribution in [0.2, 0.25) is 5.02 Å². The summed E-state index contributed by atoms with van der Waals surface area (Å²) in [4.78, 5) is 24.2. The second-order valence-corrected chi connectivity index (χ2v) is 5.82. The van der Waals surface area contributed by atoms with Crippen LogP contribution in [0, 0.1) is 10.1 Å². The fraction of sp³-hybridized carbons (Fsp3) is 0.188. The molecule has 3 rings (SSSR count). The fourth-order valence-corrected chi connectivity index (χ4v) is 2.90. The molecule has 0 aliphatic carbocycles. The van der Waals surface area contributed by atoms with E-state index < -0.39 is 23.0 Å².